The molecule has 0 heterocycles. The van der Waals surface area contributed by atoms with E-state index in [4.69, 9.17) is 32.7 Å². The fraction of sp³-hybridized carbons (Fsp3) is 0.500. The summed E-state index contributed by atoms with van der Waals surface area (Å²) in [4.78, 5) is 28.5. The van der Waals surface area contributed by atoms with Gasteiger partial charge >= 0.3 is 0 Å². The Labute approximate surface area is 224 Å². The summed E-state index contributed by atoms with van der Waals surface area (Å²) in [6, 6.07) is 12.1. The highest BCUT2D eigenvalue weighted by Gasteiger charge is 2.33. The van der Waals surface area contributed by atoms with Crippen LogP contribution in [-0.2, 0) is 16.0 Å². The van der Waals surface area contributed by atoms with E-state index in [1.165, 1.54) is 12.8 Å². The van der Waals surface area contributed by atoms with Gasteiger partial charge in [0.2, 0.25) is 11.8 Å². The predicted octanol–water partition coefficient (Wildman–Crippen LogP) is 5.94. The van der Waals surface area contributed by atoms with E-state index in [0.29, 0.717) is 41.7 Å². The predicted molar refractivity (Wildman–Crippen MR) is 144 cm³/mol. The summed E-state index contributed by atoms with van der Waals surface area (Å²) < 4.78 is 11.2. The minimum atomic E-state index is -0.851. The van der Waals surface area contributed by atoms with Crippen molar-refractivity contribution in [1.82, 2.24) is 10.2 Å². The molecule has 1 fully saturated rings. The lowest BCUT2D eigenvalue weighted by molar-refractivity contribution is -0.139. The highest BCUT2D eigenvalue weighted by Crippen LogP contribution is 2.33. The number of ether oxygens (including phenoxy) is 2. The molecule has 6 nitrogen and oxygen atoms in total. The minimum absolute atomic E-state index is 0.0938. The van der Waals surface area contributed by atoms with Crippen LogP contribution in [0.2, 0.25) is 5.02 Å². The minimum Gasteiger partial charge on any atom is -0.493 e. The largest absolute Gasteiger partial charge is 0.493 e. The van der Waals surface area contributed by atoms with Gasteiger partial charge in [0, 0.05) is 17.6 Å². The van der Waals surface area contributed by atoms with Crippen molar-refractivity contribution in [2.45, 2.75) is 64.0 Å². The first kappa shape index (κ1) is 28.1. The Bertz CT molecular complexity index is 992. The van der Waals surface area contributed by atoms with Crippen LogP contribution in [0, 0.1) is 0 Å². The second-order valence-corrected chi connectivity index (χ2v) is 9.74. The lowest BCUT2D eigenvalue weighted by Crippen LogP contribution is -2.47. The SMILES string of the molecule is CCOc1ccc([C@H](C(=O)NC2CCCCCC2)N(CCc2ccc(Cl)cc2)C(=O)CCl)cc1OC. The van der Waals surface area contributed by atoms with E-state index < -0.39 is 6.04 Å². The maximum Gasteiger partial charge on any atom is 0.247 e. The third-order valence-corrected chi connectivity index (χ3v) is 7.03. The average molecular weight is 536 g/mol. The van der Waals surface area contributed by atoms with Crippen molar-refractivity contribution in [3.8, 4) is 11.5 Å². The molecule has 0 radical (unpaired) electrons. The fourth-order valence-corrected chi connectivity index (χ4v) is 4.96. The van der Waals surface area contributed by atoms with Crippen molar-refractivity contribution in [2.75, 3.05) is 26.1 Å². The van der Waals surface area contributed by atoms with Gasteiger partial charge in [-0.2, -0.15) is 0 Å². The van der Waals surface area contributed by atoms with E-state index in [1.807, 2.05) is 37.3 Å². The first-order valence-electron chi connectivity index (χ1n) is 12.7. The normalized spacial score (nSPS) is 15.0. The van der Waals surface area contributed by atoms with Crippen LogP contribution in [0.5, 0.6) is 11.5 Å². The molecular weight excluding hydrogens is 499 g/mol. The number of amides is 2. The van der Waals surface area contributed by atoms with E-state index in [1.54, 1.807) is 24.1 Å². The Kier molecular flexibility index (Phi) is 11.2. The Balaban J connectivity index is 1.95. The number of benzene rings is 2. The fourth-order valence-electron chi connectivity index (χ4n) is 4.68. The second-order valence-electron chi connectivity index (χ2n) is 9.04. The van der Waals surface area contributed by atoms with Crippen LogP contribution in [-0.4, -0.2) is 48.9 Å². The molecule has 0 saturated heterocycles. The van der Waals surface area contributed by atoms with Crippen LogP contribution >= 0.6 is 23.2 Å². The van der Waals surface area contributed by atoms with E-state index in [9.17, 15) is 9.59 Å². The summed E-state index contributed by atoms with van der Waals surface area (Å²) in [7, 11) is 1.56. The van der Waals surface area contributed by atoms with Crippen LogP contribution in [0.25, 0.3) is 0 Å². The van der Waals surface area contributed by atoms with Gasteiger partial charge in [0.1, 0.15) is 11.9 Å². The molecule has 0 aromatic heterocycles. The van der Waals surface area contributed by atoms with Crippen LogP contribution in [0.4, 0.5) is 0 Å². The standard InChI is InChI=1S/C28H36Cl2N2O4/c1-3-36-24-15-12-21(18-25(24)35-2)27(28(34)31-23-8-6-4-5-7-9-23)32(26(33)19-29)17-16-20-10-13-22(30)14-11-20/h10-15,18,23,27H,3-9,16-17,19H2,1-2H3,(H,31,34)/t27-/m1/s1. The number of methoxy groups -OCH3 is 1. The van der Waals surface area contributed by atoms with Crippen LogP contribution in [0.3, 0.4) is 0 Å². The van der Waals surface area contributed by atoms with Crippen molar-refractivity contribution < 1.29 is 19.1 Å². The molecule has 2 amide bonds. The molecule has 2 aromatic rings. The molecule has 8 heteroatoms. The topological polar surface area (TPSA) is 67.9 Å². The summed E-state index contributed by atoms with van der Waals surface area (Å²) in [5.41, 5.74) is 1.66. The first-order valence-corrected chi connectivity index (χ1v) is 13.6. The number of hydrogen-bond donors (Lipinski definition) is 1. The molecule has 0 unspecified atom stereocenters. The van der Waals surface area contributed by atoms with Gasteiger partial charge < -0.3 is 19.7 Å². The number of alkyl halides is 1. The molecule has 36 heavy (non-hydrogen) atoms. The van der Waals surface area contributed by atoms with Crippen molar-refractivity contribution >= 4 is 35.0 Å². The first-order chi connectivity index (χ1) is 17.5. The van der Waals surface area contributed by atoms with Crippen LogP contribution in [0.1, 0.15) is 62.6 Å². The maximum absolute atomic E-state index is 13.8. The molecule has 0 aliphatic heterocycles. The third-order valence-electron chi connectivity index (χ3n) is 6.55. The van der Waals surface area contributed by atoms with Crippen molar-refractivity contribution in [1.29, 1.82) is 0 Å². The molecule has 1 aliphatic rings. The molecule has 3 rings (SSSR count). The number of hydrogen-bond acceptors (Lipinski definition) is 4. The highest BCUT2D eigenvalue weighted by atomic mass is 35.5. The third kappa shape index (κ3) is 7.78. The molecule has 2 aromatic carbocycles. The van der Waals surface area contributed by atoms with Gasteiger partial charge in [-0.3, -0.25) is 9.59 Å². The average Bonchev–Trinajstić information content (AvgIpc) is 3.16. The molecule has 1 saturated carbocycles. The number of nitrogens with one attached hydrogen (secondary N) is 1. The van der Waals surface area contributed by atoms with Gasteiger partial charge in [0.25, 0.3) is 0 Å². The molecule has 196 valence electrons. The molecule has 0 bridgehead atoms. The smallest absolute Gasteiger partial charge is 0.247 e. The van der Waals surface area contributed by atoms with Gasteiger partial charge in [-0.05, 0) is 61.6 Å². The quantitative estimate of drug-likeness (QED) is 0.286. The van der Waals surface area contributed by atoms with Gasteiger partial charge in [-0.15, -0.1) is 11.6 Å². The lowest BCUT2D eigenvalue weighted by atomic mass is 10.0. The van der Waals surface area contributed by atoms with Gasteiger partial charge in [0.15, 0.2) is 11.5 Å². The Morgan fingerprint density at radius 3 is 2.36 bits per heavy atom. The van der Waals surface area contributed by atoms with Gasteiger partial charge in [0.05, 0.1) is 13.7 Å². The van der Waals surface area contributed by atoms with E-state index in [2.05, 4.69) is 5.32 Å². The van der Waals surface area contributed by atoms with Crippen LogP contribution < -0.4 is 14.8 Å². The zero-order valence-electron chi connectivity index (χ0n) is 21.1. The van der Waals surface area contributed by atoms with Gasteiger partial charge in [-0.25, -0.2) is 0 Å². The molecular formula is C28H36Cl2N2O4. The monoisotopic (exact) mass is 534 g/mol. The highest BCUT2D eigenvalue weighted by molar-refractivity contribution is 6.30. The Morgan fingerprint density at radius 1 is 1.06 bits per heavy atom. The summed E-state index contributed by atoms with van der Waals surface area (Å²) in [6.45, 7) is 2.71. The Morgan fingerprint density at radius 2 is 1.75 bits per heavy atom. The van der Waals surface area contributed by atoms with Crippen molar-refractivity contribution in [2.24, 2.45) is 0 Å². The van der Waals surface area contributed by atoms with Crippen LogP contribution in [0.15, 0.2) is 42.5 Å². The Hall–Kier alpha value is -2.44. The maximum atomic E-state index is 13.8. The summed E-state index contributed by atoms with van der Waals surface area (Å²) in [6.07, 6.45) is 6.99. The van der Waals surface area contributed by atoms with E-state index in [0.717, 1.165) is 31.2 Å². The summed E-state index contributed by atoms with van der Waals surface area (Å²) in [5.74, 6) is 0.366. The number of nitrogens with zero attached hydrogens (tertiary/aromatic N) is 1. The number of carbonyl (C=O) groups is 2. The zero-order chi connectivity index (χ0) is 25.9. The molecule has 1 aliphatic carbocycles. The molecule has 1 atom stereocenters. The summed E-state index contributed by atoms with van der Waals surface area (Å²) in [5, 5.41) is 3.88. The zero-order valence-corrected chi connectivity index (χ0v) is 22.6. The van der Waals surface area contributed by atoms with Crippen molar-refractivity contribution in [3.63, 3.8) is 0 Å². The van der Waals surface area contributed by atoms with Crippen molar-refractivity contribution in [3.05, 3.63) is 58.6 Å². The number of halogens is 2. The number of carbonyl (C=O) groups excluding carboxylic acids is 2. The van der Waals surface area contributed by atoms with Gasteiger partial charge in [-0.1, -0.05) is 55.5 Å². The lowest BCUT2D eigenvalue weighted by Gasteiger charge is -2.32. The van der Waals surface area contributed by atoms with E-state index in [-0.39, 0.29) is 23.7 Å². The van der Waals surface area contributed by atoms with E-state index >= 15 is 0 Å². The second kappa shape index (κ2) is 14.3. The number of rotatable bonds is 11. The summed E-state index contributed by atoms with van der Waals surface area (Å²) >= 11 is 12.1. The molecule has 1 N–H and O–H groups in total. The molecule has 0 spiro atoms.